The molecule has 0 aromatic carbocycles. The maximum Gasteiger partial charge on any atom is 0.191 e. The largest absolute Gasteiger partial charge is 0.379 e. The van der Waals surface area contributed by atoms with Gasteiger partial charge in [0.25, 0.3) is 0 Å². The van der Waals surface area contributed by atoms with Gasteiger partial charge in [-0.05, 0) is 46.8 Å². The summed E-state index contributed by atoms with van der Waals surface area (Å²) in [4.78, 5) is 9.80. The number of thiophene rings is 1. The number of morpholine rings is 1. The van der Waals surface area contributed by atoms with E-state index in [4.69, 9.17) is 9.73 Å². The predicted octanol–water partition coefficient (Wildman–Crippen LogP) is 2.82. The van der Waals surface area contributed by atoms with E-state index in [1.165, 1.54) is 9.75 Å². The van der Waals surface area contributed by atoms with Crippen molar-refractivity contribution in [2.75, 3.05) is 51.7 Å². The van der Waals surface area contributed by atoms with Crippen molar-refractivity contribution in [3.05, 3.63) is 21.9 Å². The van der Waals surface area contributed by atoms with Crippen LogP contribution in [-0.2, 0) is 14.6 Å². The van der Waals surface area contributed by atoms with Crippen LogP contribution in [-0.4, -0.2) is 75.7 Å². The molecule has 1 aromatic rings. The van der Waals surface area contributed by atoms with Crippen LogP contribution in [0, 0.1) is 6.92 Å². The van der Waals surface area contributed by atoms with Crippen molar-refractivity contribution in [3.63, 3.8) is 0 Å². The fourth-order valence-electron chi connectivity index (χ4n) is 3.04. The third-order valence-corrected chi connectivity index (χ3v) is 8.65. The highest BCUT2D eigenvalue weighted by molar-refractivity contribution is 14.0. The third kappa shape index (κ3) is 8.25. The molecule has 1 aromatic heterocycles. The van der Waals surface area contributed by atoms with Gasteiger partial charge in [-0.25, -0.2) is 8.42 Å². The van der Waals surface area contributed by atoms with Crippen molar-refractivity contribution in [1.82, 2.24) is 15.5 Å². The summed E-state index contributed by atoms with van der Waals surface area (Å²) in [6, 6.07) is 4.54. The molecule has 0 spiro atoms. The van der Waals surface area contributed by atoms with Crippen LogP contribution >= 0.6 is 35.3 Å². The van der Waals surface area contributed by atoms with Crippen LogP contribution in [0.4, 0.5) is 0 Å². The summed E-state index contributed by atoms with van der Waals surface area (Å²) in [5.41, 5.74) is 0. The molecule has 1 aliphatic heterocycles. The number of halogens is 1. The number of guanidine groups is 1. The number of aryl methyl sites for hydroxylation is 1. The van der Waals surface area contributed by atoms with E-state index >= 15 is 0 Å². The van der Waals surface area contributed by atoms with Gasteiger partial charge in [-0.2, -0.15) is 0 Å². The van der Waals surface area contributed by atoms with Crippen LogP contribution in [0.25, 0.3) is 0 Å². The lowest BCUT2D eigenvalue weighted by molar-refractivity contribution is 0.0186. The molecule has 2 N–H and O–H groups in total. The molecule has 0 radical (unpaired) electrons. The van der Waals surface area contributed by atoms with Crippen molar-refractivity contribution in [3.8, 4) is 0 Å². The van der Waals surface area contributed by atoms with E-state index in [0.717, 1.165) is 32.8 Å². The Bertz CT molecular complexity index is 769. The molecule has 1 unspecified atom stereocenters. The number of nitrogens with zero attached hydrogens (tertiary/aromatic N) is 2. The standard InChI is InChI=1S/C20H36N4O3S2.HI/c1-6-21-19(22-9-14-29(25,26)20(3,4)5)23-15-17(18-8-7-16(2)28-18)24-10-12-27-13-11-24;/h7-8,17H,6,9-15H2,1-5H3,(H2,21,22,23);1H. The van der Waals surface area contributed by atoms with Gasteiger partial charge in [0.1, 0.15) is 0 Å². The van der Waals surface area contributed by atoms with Crippen LogP contribution in [0.2, 0.25) is 0 Å². The SMILES string of the molecule is CCNC(=NCC(c1ccc(C)s1)N1CCOCC1)NCCS(=O)(=O)C(C)(C)C.I. The molecule has 0 aliphatic carbocycles. The van der Waals surface area contributed by atoms with Crippen molar-refractivity contribution in [1.29, 1.82) is 0 Å². The van der Waals surface area contributed by atoms with E-state index in [9.17, 15) is 8.42 Å². The second kappa shape index (κ2) is 12.6. The summed E-state index contributed by atoms with van der Waals surface area (Å²) < 4.78 is 29.4. The average Bonchev–Trinajstić information content (AvgIpc) is 3.07. The third-order valence-electron chi connectivity index (χ3n) is 4.94. The Balaban J connectivity index is 0.00000450. The molecule has 0 saturated carbocycles. The minimum absolute atomic E-state index is 0. The minimum Gasteiger partial charge on any atom is -0.379 e. The molecule has 0 amide bonds. The lowest BCUT2D eigenvalue weighted by atomic mass is 10.2. The highest BCUT2D eigenvalue weighted by Gasteiger charge is 2.28. The Morgan fingerprint density at radius 1 is 1.27 bits per heavy atom. The van der Waals surface area contributed by atoms with Gasteiger partial charge in [0.05, 0.1) is 36.3 Å². The first-order valence-corrected chi connectivity index (χ1v) is 12.7. The number of rotatable bonds is 8. The molecular weight excluding hydrogens is 535 g/mol. The van der Waals surface area contributed by atoms with E-state index in [-0.39, 0.29) is 35.8 Å². The van der Waals surface area contributed by atoms with Gasteiger partial charge < -0.3 is 15.4 Å². The number of sulfone groups is 1. The van der Waals surface area contributed by atoms with Gasteiger partial charge in [-0.15, -0.1) is 35.3 Å². The van der Waals surface area contributed by atoms with Crippen LogP contribution in [0.5, 0.6) is 0 Å². The lowest BCUT2D eigenvalue weighted by Gasteiger charge is -2.33. The summed E-state index contributed by atoms with van der Waals surface area (Å²) in [6.07, 6.45) is 0. The Kier molecular flexibility index (Phi) is 11.6. The summed E-state index contributed by atoms with van der Waals surface area (Å²) in [6.45, 7) is 14.3. The van der Waals surface area contributed by atoms with Crippen molar-refractivity contribution in [2.24, 2.45) is 4.99 Å². The fraction of sp³-hybridized carbons (Fsp3) is 0.750. The zero-order valence-corrected chi connectivity index (χ0v) is 22.7. The van der Waals surface area contributed by atoms with E-state index < -0.39 is 14.6 Å². The Morgan fingerprint density at radius 2 is 1.93 bits per heavy atom. The van der Waals surface area contributed by atoms with Gasteiger partial charge in [-0.1, -0.05) is 0 Å². The second-order valence-electron chi connectivity index (χ2n) is 8.19. The summed E-state index contributed by atoms with van der Waals surface area (Å²) >= 11 is 1.81. The molecule has 10 heteroatoms. The maximum absolute atomic E-state index is 12.3. The second-order valence-corrected chi connectivity index (χ2v) is 12.4. The monoisotopic (exact) mass is 572 g/mol. The molecule has 7 nitrogen and oxygen atoms in total. The smallest absolute Gasteiger partial charge is 0.191 e. The van der Waals surface area contributed by atoms with Crippen molar-refractivity contribution in [2.45, 2.75) is 45.4 Å². The topological polar surface area (TPSA) is 83.0 Å². The molecule has 1 atom stereocenters. The van der Waals surface area contributed by atoms with E-state index in [1.807, 2.05) is 6.92 Å². The van der Waals surface area contributed by atoms with E-state index in [0.29, 0.717) is 19.0 Å². The molecule has 2 rings (SSSR count). The normalized spacial score (nSPS) is 17.3. The van der Waals surface area contributed by atoms with Gasteiger partial charge in [0, 0.05) is 35.9 Å². The van der Waals surface area contributed by atoms with Gasteiger partial charge in [0.2, 0.25) is 0 Å². The predicted molar refractivity (Wildman–Crippen MR) is 137 cm³/mol. The number of ether oxygens (including phenoxy) is 1. The molecule has 30 heavy (non-hydrogen) atoms. The first-order valence-electron chi connectivity index (χ1n) is 10.3. The molecule has 2 heterocycles. The average molecular weight is 573 g/mol. The number of aliphatic imine (C=N–C) groups is 1. The van der Waals surface area contributed by atoms with Gasteiger partial charge in [0.15, 0.2) is 15.8 Å². The Morgan fingerprint density at radius 3 is 2.47 bits per heavy atom. The highest BCUT2D eigenvalue weighted by atomic mass is 127. The first kappa shape index (κ1) is 27.6. The van der Waals surface area contributed by atoms with Crippen LogP contribution in [0.1, 0.15) is 43.5 Å². The molecule has 1 saturated heterocycles. The van der Waals surface area contributed by atoms with Crippen LogP contribution in [0.3, 0.4) is 0 Å². The summed E-state index contributed by atoms with van der Waals surface area (Å²) in [7, 11) is -3.16. The molecule has 1 aliphatic rings. The molecular formula is C20H37IN4O3S2. The Labute approximate surface area is 203 Å². The number of hydrogen-bond donors (Lipinski definition) is 2. The van der Waals surface area contributed by atoms with E-state index in [2.05, 4.69) is 34.6 Å². The molecule has 1 fully saturated rings. The maximum atomic E-state index is 12.3. The van der Waals surface area contributed by atoms with Crippen LogP contribution in [0.15, 0.2) is 17.1 Å². The van der Waals surface area contributed by atoms with Crippen molar-refractivity contribution < 1.29 is 13.2 Å². The lowest BCUT2D eigenvalue weighted by Crippen LogP contribution is -2.43. The zero-order valence-electron chi connectivity index (χ0n) is 18.7. The van der Waals surface area contributed by atoms with Crippen molar-refractivity contribution >= 4 is 51.1 Å². The van der Waals surface area contributed by atoms with Crippen LogP contribution < -0.4 is 10.6 Å². The van der Waals surface area contributed by atoms with E-state index in [1.54, 1.807) is 32.1 Å². The molecule has 0 bridgehead atoms. The minimum atomic E-state index is -3.16. The summed E-state index contributed by atoms with van der Waals surface area (Å²) in [5.74, 6) is 0.737. The quantitative estimate of drug-likeness (QED) is 0.283. The zero-order chi connectivity index (χ0) is 21.5. The first-order chi connectivity index (χ1) is 13.6. The van der Waals surface area contributed by atoms with Gasteiger partial charge in [-0.3, -0.25) is 9.89 Å². The number of hydrogen-bond acceptors (Lipinski definition) is 6. The fourth-order valence-corrected chi connectivity index (χ4v) is 5.02. The summed E-state index contributed by atoms with van der Waals surface area (Å²) in [5, 5.41) is 6.41. The molecule has 174 valence electrons. The van der Waals surface area contributed by atoms with Gasteiger partial charge >= 0.3 is 0 Å². The number of nitrogens with one attached hydrogen (secondary N) is 2. The Hall–Kier alpha value is -0.430. The highest BCUT2D eigenvalue weighted by Crippen LogP contribution is 2.28.